The van der Waals surface area contributed by atoms with E-state index in [4.69, 9.17) is 15.6 Å². The third kappa shape index (κ3) is 4.21. The van der Waals surface area contributed by atoms with Crippen LogP contribution in [0.15, 0.2) is 16.6 Å². The molecule has 5 heteroatoms. The number of methoxy groups -OCH3 is 1. The van der Waals surface area contributed by atoms with Gasteiger partial charge in [-0.15, -0.1) is 0 Å². The molecule has 1 aromatic carbocycles. The second-order valence-corrected chi connectivity index (χ2v) is 5.67. The van der Waals surface area contributed by atoms with E-state index in [1.165, 1.54) is 0 Å². The van der Waals surface area contributed by atoms with E-state index in [0.717, 1.165) is 21.3 Å². The minimum atomic E-state index is -0.833. The van der Waals surface area contributed by atoms with E-state index in [9.17, 15) is 4.79 Å². The minimum absolute atomic E-state index is 0.0625. The predicted molar refractivity (Wildman–Crippen MR) is 78.6 cm³/mol. The van der Waals surface area contributed by atoms with E-state index in [2.05, 4.69) is 29.8 Å². The molecule has 3 N–H and O–H groups in total. The second-order valence-electron chi connectivity index (χ2n) is 4.81. The van der Waals surface area contributed by atoms with Crippen LogP contribution in [0, 0.1) is 0 Å². The van der Waals surface area contributed by atoms with Gasteiger partial charge in [-0.3, -0.25) is 4.79 Å². The molecule has 0 amide bonds. The molecule has 0 spiro atoms. The number of carbonyl (C=O) groups is 1. The first kappa shape index (κ1) is 16.0. The highest BCUT2D eigenvalue weighted by atomic mass is 79.9. The summed E-state index contributed by atoms with van der Waals surface area (Å²) in [7, 11) is 1.63. The van der Waals surface area contributed by atoms with Crippen LogP contribution in [0.3, 0.4) is 0 Å². The summed E-state index contributed by atoms with van der Waals surface area (Å²) < 4.78 is 6.35. The van der Waals surface area contributed by atoms with Gasteiger partial charge in [-0.1, -0.05) is 29.8 Å². The molecule has 4 nitrogen and oxygen atoms in total. The van der Waals surface area contributed by atoms with Crippen LogP contribution in [0.25, 0.3) is 0 Å². The van der Waals surface area contributed by atoms with Crippen LogP contribution in [0.1, 0.15) is 49.8 Å². The van der Waals surface area contributed by atoms with Crippen molar-refractivity contribution in [2.75, 3.05) is 7.11 Å². The van der Waals surface area contributed by atoms with Crippen molar-refractivity contribution in [2.24, 2.45) is 5.73 Å². The van der Waals surface area contributed by atoms with Crippen LogP contribution in [-0.4, -0.2) is 18.2 Å². The number of ether oxygens (including phenoxy) is 1. The van der Waals surface area contributed by atoms with Crippen LogP contribution in [-0.2, 0) is 4.79 Å². The van der Waals surface area contributed by atoms with Crippen LogP contribution >= 0.6 is 15.9 Å². The zero-order valence-corrected chi connectivity index (χ0v) is 13.0. The van der Waals surface area contributed by atoms with Crippen LogP contribution in [0.2, 0.25) is 0 Å². The molecule has 0 fully saturated rings. The van der Waals surface area contributed by atoms with Gasteiger partial charge in [0.05, 0.1) is 7.11 Å². The van der Waals surface area contributed by atoms with Gasteiger partial charge in [-0.05, 0) is 30.0 Å². The number of nitrogens with two attached hydrogens (primary N) is 1. The molecule has 0 aliphatic rings. The fraction of sp³-hybridized carbons (Fsp3) is 0.500. The average Bonchev–Trinajstić information content (AvgIpc) is 2.34. The molecule has 0 radical (unpaired) electrons. The summed E-state index contributed by atoms with van der Waals surface area (Å²) in [5.41, 5.74) is 8.00. The molecule has 1 aromatic rings. The third-order valence-electron chi connectivity index (χ3n) is 3.01. The summed E-state index contributed by atoms with van der Waals surface area (Å²) in [6.07, 6.45) is 0.471. The highest BCUT2D eigenvalue weighted by Gasteiger charge is 2.16. The lowest BCUT2D eigenvalue weighted by Crippen LogP contribution is -2.13. The monoisotopic (exact) mass is 329 g/mol. The Hall–Kier alpha value is -1.07. The summed E-state index contributed by atoms with van der Waals surface area (Å²) in [5, 5.41) is 8.69. The maximum absolute atomic E-state index is 10.6. The molecular formula is C14H20BrNO3. The summed E-state index contributed by atoms with van der Waals surface area (Å²) in [6, 6.07) is 3.54. The third-order valence-corrected chi connectivity index (χ3v) is 3.66. The number of benzene rings is 1. The molecule has 0 aliphatic carbocycles. The van der Waals surface area contributed by atoms with E-state index in [1.807, 2.05) is 12.1 Å². The fourth-order valence-corrected chi connectivity index (χ4v) is 2.92. The molecule has 19 heavy (non-hydrogen) atoms. The van der Waals surface area contributed by atoms with E-state index >= 15 is 0 Å². The van der Waals surface area contributed by atoms with Crippen molar-refractivity contribution >= 4 is 21.9 Å². The maximum atomic E-state index is 10.6. The highest BCUT2D eigenvalue weighted by molar-refractivity contribution is 9.10. The standard InChI is InChI=1S/C14H20BrNO3/c1-8(2)14-10(15)6-9(7-12(14)19-3)11(16)4-5-13(17)18/h6-8,11H,4-5,16H2,1-3H3,(H,17,18). The number of carboxylic acids is 1. The number of hydrogen-bond donors (Lipinski definition) is 2. The van der Waals surface area contributed by atoms with Gasteiger partial charge in [-0.2, -0.15) is 0 Å². The first-order valence-corrected chi connectivity index (χ1v) is 7.00. The predicted octanol–water partition coefficient (Wildman–Crippen LogP) is 3.45. The quantitative estimate of drug-likeness (QED) is 0.838. The van der Waals surface area contributed by atoms with Crippen molar-refractivity contribution in [3.05, 3.63) is 27.7 Å². The zero-order valence-electron chi connectivity index (χ0n) is 11.4. The number of rotatable bonds is 6. The van der Waals surface area contributed by atoms with Crippen LogP contribution in [0.5, 0.6) is 5.75 Å². The second kappa shape index (κ2) is 6.91. The number of carboxylic acid groups (broad SMARTS) is 1. The molecule has 0 heterocycles. The van der Waals surface area contributed by atoms with Gasteiger partial charge in [0.15, 0.2) is 0 Å². The highest BCUT2D eigenvalue weighted by Crippen LogP contribution is 2.36. The van der Waals surface area contributed by atoms with Crippen molar-refractivity contribution in [3.8, 4) is 5.75 Å². The van der Waals surface area contributed by atoms with Crippen molar-refractivity contribution in [2.45, 2.75) is 38.6 Å². The lowest BCUT2D eigenvalue weighted by molar-refractivity contribution is -0.137. The Morgan fingerprint density at radius 1 is 1.47 bits per heavy atom. The van der Waals surface area contributed by atoms with E-state index in [1.54, 1.807) is 7.11 Å². The normalized spacial score (nSPS) is 12.5. The van der Waals surface area contributed by atoms with Gasteiger partial charge in [0, 0.05) is 22.5 Å². The topological polar surface area (TPSA) is 72.5 Å². The SMILES string of the molecule is COc1cc(C(N)CCC(=O)O)cc(Br)c1C(C)C. The molecular weight excluding hydrogens is 310 g/mol. The van der Waals surface area contributed by atoms with Gasteiger partial charge < -0.3 is 15.6 Å². The maximum Gasteiger partial charge on any atom is 0.303 e. The number of aliphatic carboxylic acids is 1. The van der Waals surface area contributed by atoms with Gasteiger partial charge in [0.25, 0.3) is 0 Å². The summed E-state index contributed by atoms with van der Waals surface area (Å²) in [6.45, 7) is 4.18. The Morgan fingerprint density at radius 2 is 2.11 bits per heavy atom. The Balaban J connectivity index is 3.04. The van der Waals surface area contributed by atoms with Gasteiger partial charge >= 0.3 is 5.97 Å². The molecule has 0 saturated heterocycles. The molecule has 106 valence electrons. The Bertz CT molecular complexity index is 460. The smallest absolute Gasteiger partial charge is 0.303 e. The zero-order chi connectivity index (χ0) is 14.6. The van der Waals surface area contributed by atoms with Crippen molar-refractivity contribution in [1.82, 2.24) is 0 Å². The van der Waals surface area contributed by atoms with Crippen LogP contribution < -0.4 is 10.5 Å². The van der Waals surface area contributed by atoms with Crippen LogP contribution in [0.4, 0.5) is 0 Å². The largest absolute Gasteiger partial charge is 0.496 e. The van der Waals surface area contributed by atoms with Crippen molar-refractivity contribution < 1.29 is 14.6 Å². The average molecular weight is 330 g/mol. The first-order valence-electron chi connectivity index (χ1n) is 6.21. The summed E-state index contributed by atoms with van der Waals surface area (Å²) >= 11 is 3.54. The summed E-state index contributed by atoms with van der Waals surface area (Å²) in [4.78, 5) is 10.6. The van der Waals surface area contributed by atoms with E-state index < -0.39 is 5.97 Å². The molecule has 1 unspecified atom stereocenters. The minimum Gasteiger partial charge on any atom is -0.496 e. The first-order chi connectivity index (χ1) is 8.86. The molecule has 0 bridgehead atoms. The molecule has 1 rings (SSSR count). The fourth-order valence-electron chi connectivity index (χ4n) is 2.00. The molecule has 0 aliphatic heterocycles. The van der Waals surface area contributed by atoms with E-state index in [-0.39, 0.29) is 12.5 Å². The van der Waals surface area contributed by atoms with Gasteiger partial charge in [0.2, 0.25) is 0 Å². The Labute approximate surface area is 122 Å². The molecule has 1 atom stereocenters. The molecule has 0 saturated carbocycles. The van der Waals surface area contributed by atoms with Crippen molar-refractivity contribution in [3.63, 3.8) is 0 Å². The lowest BCUT2D eigenvalue weighted by Gasteiger charge is -2.18. The van der Waals surface area contributed by atoms with Crippen molar-refractivity contribution in [1.29, 1.82) is 0 Å². The Morgan fingerprint density at radius 3 is 2.58 bits per heavy atom. The number of halogens is 1. The molecule has 0 aromatic heterocycles. The lowest BCUT2D eigenvalue weighted by atomic mass is 9.96. The summed E-state index contributed by atoms with van der Waals surface area (Å²) in [5.74, 6) is 0.277. The van der Waals surface area contributed by atoms with Gasteiger partial charge in [-0.25, -0.2) is 0 Å². The van der Waals surface area contributed by atoms with E-state index in [0.29, 0.717) is 12.3 Å². The number of hydrogen-bond acceptors (Lipinski definition) is 3. The Kier molecular flexibility index (Phi) is 5.82. The van der Waals surface area contributed by atoms with Gasteiger partial charge in [0.1, 0.15) is 5.75 Å².